The van der Waals surface area contributed by atoms with E-state index in [-0.39, 0.29) is 36.6 Å². The molecule has 0 aliphatic carbocycles. The first kappa shape index (κ1) is 19.4. The van der Waals surface area contributed by atoms with E-state index in [4.69, 9.17) is 0 Å². The zero-order chi connectivity index (χ0) is 17.9. The van der Waals surface area contributed by atoms with Crippen LogP contribution in [-0.2, 0) is 20.8 Å². The summed E-state index contributed by atoms with van der Waals surface area (Å²) in [6, 6.07) is 8.74. The summed E-state index contributed by atoms with van der Waals surface area (Å²) in [6.45, 7) is 7.67. The van der Waals surface area contributed by atoms with Crippen molar-refractivity contribution in [3.8, 4) is 0 Å². The second-order valence-corrected chi connectivity index (χ2v) is 5.74. The molecule has 3 N–H and O–H groups in total. The number of carbonyl (C=O) groups is 3. The minimum Gasteiger partial charge on any atom is -0.353 e. The van der Waals surface area contributed by atoms with Crippen molar-refractivity contribution in [2.45, 2.75) is 26.3 Å². The maximum Gasteiger partial charge on any atom is 0.243 e. The van der Waals surface area contributed by atoms with Crippen LogP contribution in [0.3, 0.4) is 0 Å². The Morgan fingerprint density at radius 3 is 2.29 bits per heavy atom. The molecule has 1 aromatic rings. The van der Waals surface area contributed by atoms with Gasteiger partial charge in [-0.1, -0.05) is 50.8 Å². The molecule has 1 rings (SSSR count). The molecule has 0 unspecified atom stereocenters. The number of hydrogen-bond acceptors (Lipinski definition) is 3. The standard InChI is InChI=1S/C18H25N3O3/c1-4-15(22)19-10-11-20-18(24)17(13(2)3)21-16(23)12-14-8-6-5-7-9-14/h4-9,13,17H,1,10-12H2,2-3H3,(H,19,22)(H,20,24)(H,21,23)/t17-/m0/s1. The van der Waals surface area contributed by atoms with E-state index >= 15 is 0 Å². The molecule has 24 heavy (non-hydrogen) atoms. The molecule has 0 saturated heterocycles. The first-order valence-electron chi connectivity index (χ1n) is 7.95. The lowest BCUT2D eigenvalue weighted by atomic mass is 10.0. The lowest BCUT2D eigenvalue weighted by Gasteiger charge is -2.21. The van der Waals surface area contributed by atoms with Crippen molar-refractivity contribution in [1.29, 1.82) is 0 Å². The van der Waals surface area contributed by atoms with Gasteiger partial charge in [-0.2, -0.15) is 0 Å². The first-order valence-corrected chi connectivity index (χ1v) is 7.95. The van der Waals surface area contributed by atoms with E-state index in [0.717, 1.165) is 5.56 Å². The molecule has 0 aromatic heterocycles. The molecule has 1 atom stereocenters. The molecule has 0 saturated carbocycles. The summed E-state index contributed by atoms with van der Waals surface area (Å²) in [4.78, 5) is 35.4. The van der Waals surface area contributed by atoms with E-state index in [1.807, 2.05) is 44.2 Å². The van der Waals surface area contributed by atoms with Crippen LogP contribution in [0.2, 0.25) is 0 Å². The van der Waals surface area contributed by atoms with Crippen molar-refractivity contribution < 1.29 is 14.4 Å². The van der Waals surface area contributed by atoms with Crippen LogP contribution >= 0.6 is 0 Å². The summed E-state index contributed by atoms with van der Waals surface area (Å²) in [5, 5.41) is 8.05. The van der Waals surface area contributed by atoms with Crippen molar-refractivity contribution >= 4 is 17.7 Å². The molecule has 1 aromatic carbocycles. The van der Waals surface area contributed by atoms with Crippen LogP contribution < -0.4 is 16.0 Å². The van der Waals surface area contributed by atoms with E-state index in [1.54, 1.807) is 0 Å². The van der Waals surface area contributed by atoms with Gasteiger partial charge in [0.25, 0.3) is 0 Å². The molecule has 3 amide bonds. The molecular weight excluding hydrogens is 306 g/mol. The van der Waals surface area contributed by atoms with Gasteiger partial charge in [-0.05, 0) is 17.6 Å². The molecule has 0 aliphatic rings. The van der Waals surface area contributed by atoms with Gasteiger partial charge in [0.15, 0.2) is 0 Å². The summed E-state index contributed by atoms with van der Waals surface area (Å²) in [7, 11) is 0. The van der Waals surface area contributed by atoms with Crippen LogP contribution in [0.15, 0.2) is 43.0 Å². The molecule has 0 bridgehead atoms. The SMILES string of the molecule is C=CC(=O)NCCNC(=O)[C@@H](NC(=O)Cc1ccccc1)C(C)C. The van der Waals surface area contributed by atoms with Crippen molar-refractivity contribution in [3.05, 3.63) is 48.6 Å². The minimum absolute atomic E-state index is 0.0486. The fourth-order valence-corrected chi connectivity index (χ4v) is 2.09. The zero-order valence-electron chi connectivity index (χ0n) is 14.2. The Morgan fingerprint density at radius 2 is 1.71 bits per heavy atom. The quantitative estimate of drug-likeness (QED) is 0.462. The number of nitrogens with one attached hydrogen (secondary N) is 3. The van der Waals surface area contributed by atoms with Crippen LogP contribution in [0.25, 0.3) is 0 Å². The van der Waals surface area contributed by atoms with Gasteiger partial charge in [-0.25, -0.2) is 0 Å². The van der Waals surface area contributed by atoms with Gasteiger partial charge in [0.2, 0.25) is 17.7 Å². The Labute approximate surface area is 142 Å². The van der Waals surface area contributed by atoms with E-state index in [9.17, 15) is 14.4 Å². The van der Waals surface area contributed by atoms with Gasteiger partial charge >= 0.3 is 0 Å². The van der Waals surface area contributed by atoms with Gasteiger partial charge in [-0.3, -0.25) is 14.4 Å². The molecule has 0 fully saturated rings. The number of hydrogen-bond donors (Lipinski definition) is 3. The van der Waals surface area contributed by atoms with E-state index in [1.165, 1.54) is 6.08 Å². The summed E-state index contributed by atoms with van der Waals surface area (Å²) < 4.78 is 0. The third-order valence-corrected chi connectivity index (χ3v) is 3.38. The smallest absolute Gasteiger partial charge is 0.243 e. The van der Waals surface area contributed by atoms with Crippen molar-refractivity contribution in [2.24, 2.45) is 5.92 Å². The van der Waals surface area contributed by atoms with Crippen molar-refractivity contribution in [3.63, 3.8) is 0 Å². The highest BCUT2D eigenvalue weighted by Crippen LogP contribution is 2.04. The molecule has 0 radical (unpaired) electrons. The Bertz CT molecular complexity index is 570. The predicted octanol–water partition coefficient (Wildman–Crippen LogP) is 0.788. The molecule has 0 spiro atoms. The third-order valence-electron chi connectivity index (χ3n) is 3.38. The van der Waals surface area contributed by atoms with Crippen molar-refractivity contribution in [1.82, 2.24) is 16.0 Å². The predicted molar refractivity (Wildman–Crippen MR) is 93.1 cm³/mol. The Kier molecular flexibility index (Phi) is 8.25. The van der Waals surface area contributed by atoms with E-state index in [0.29, 0.717) is 6.54 Å². The topological polar surface area (TPSA) is 87.3 Å². The lowest BCUT2D eigenvalue weighted by Crippen LogP contribution is -2.51. The zero-order valence-corrected chi connectivity index (χ0v) is 14.2. The number of carbonyl (C=O) groups excluding carboxylic acids is 3. The summed E-state index contributed by atoms with van der Waals surface area (Å²) >= 11 is 0. The van der Waals surface area contributed by atoms with Crippen molar-refractivity contribution in [2.75, 3.05) is 13.1 Å². The molecule has 6 heteroatoms. The monoisotopic (exact) mass is 331 g/mol. The third kappa shape index (κ3) is 7.09. The van der Waals surface area contributed by atoms with Crippen LogP contribution in [0.4, 0.5) is 0 Å². The fourth-order valence-electron chi connectivity index (χ4n) is 2.09. The average Bonchev–Trinajstić information content (AvgIpc) is 2.56. The Hall–Kier alpha value is -2.63. The highest BCUT2D eigenvalue weighted by Gasteiger charge is 2.23. The second kappa shape index (κ2) is 10.2. The number of rotatable bonds is 9. The maximum atomic E-state index is 12.2. The van der Waals surface area contributed by atoms with Gasteiger partial charge in [-0.15, -0.1) is 0 Å². The highest BCUT2D eigenvalue weighted by atomic mass is 16.2. The normalized spacial score (nSPS) is 11.5. The van der Waals surface area contributed by atoms with Gasteiger partial charge < -0.3 is 16.0 Å². The molecule has 0 heterocycles. The van der Waals surface area contributed by atoms with Crippen LogP contribution in [-0.4, -0.2) is 36.9 Å². The number of benzene rings is 1. The van der Waals surface area contributed by atoms with Crippen LogP contribution in [0.1, 0.15) is 19.4 Å². The average molecular weight is 331 g/mol. The maximum absolute atomic E-state index is 12.2. The fraction of sp³-hybridized carbons (Fsp3) is 0.389. The van der Waals surface area contributed by atoms with Gasteiger partial charge in [0.1, 0.15) is 6.04 Å². The van der Waals surface area contributed by atoms with Crippen LogP contribution in [0.5, 0.6) is 0 Å². The summed E-state index contributed by atoms with van der Waals surface area (Å²) in [5.41, 5.74) is 0.894. The van der Waals surface area contributed by atoms with Gasteiger partial charge in [0.05, 0.1) is 6.42 Å². The number of amides is 3. The molecule has 130 valence electrons. The highest BCUT2D eigenvalue weighted by molar-refractivity contribution is 5.89. The Balaban J connectivity index is 2.47. The van der Waals surface area contributed by atoms with E-state index < -0.39 is 6.04 Å². The molecular formula is C18H25N3O3. The lowest BCUT2D eigenvalue weighted by molar-refractivity contribution is -0.129. The summed E-state index contributed by atoms with van der Waals surface area (Å²) in [5.74, 6) is -0.803. The second-order valence-electron chi connectivity index (χ2n) is 5.74. The van der Waals surface area contributed by atoms with Gasteiger partial charge in [0, 0.05) is 13.1 Å². The first-order chi connectivity index (χ1) is 11.4. The molecule has 6 nitrogen and oxygen atoms in total. The van der Waals surface area contributed by atoms with E-state index in [2.05, 4.69) is 22.5 Å². The molecule has 0 aliphatic heterocycles. The minimum atomic E-state index is -0.615. The summed E-state index contributed by atoms with van der Waals surface area (Å²) in [6.07, 6.45) is 1.40. The largest absolute Gasteiger partial charge is 0.353 e. The Morgan fingerprint density at radius 1 is 1.08 bits per heavy atom. The van der Waals surface area contributed by atoms with Crippen LogP contribution in [0, 0.1) is 5.92 Å².